The van der Waals surface area contributed by atoms with Crippen LogP contribution in [0.1, 0.15) is 32.1 Å². The van der Waals surface area contributed by atoms with E-state index >= 15 is 0 Å². The number of hydrogen-bond acceptors (Lipinski definition) is 6. The van der Waals surface area contributed by atoms with E-state index in [4.69, 9.17) is 19.7 Å². The summed E-state index contributed by atoms with van der Waals surface area (Å²) in [5, 5.41) is 34.6. The third-order valence-electron chi connectivity index (χ3n) is 2.78. The molecule has 2 fully saturated rings. The van der Waals surface area contributed by atoms with Gasteiger partial charge in [0, 0.05) is 12.8 Å². The van der Waals surface area contributed by atoms with Crippen molar-refractivity contribution >= 4 is 11.9 Å². The van der Waals surface area contributed by atoms with Gasteiger partial charge in [-0.3, -0.25) is 9.59 Å². The van der Waals surface area contributed by atoms with Crippen molar-refractivity contribution in [3.8, 4) is 0 Å². The van der Waals surface area contributed by atoms with E-state index in [2.05, 4.69) is 0 Å². The Balaban J connectivity index is 0.000000221. The maximum atomic E-state index is 9.64. The number of epoxide rings is 2. The summed E-state index contributed by atoms with van der Waals surface area (Å²) in [6.45, 7) is 1.44. The molecule has 2 unspecified atom stereocenters. The first-order chi connectivity index (χ1) is 9.28. The molecule has 0 aliphatic carbocycles. The number of hydrogen-bond donors (Lipinski definition) is 4. The first-order valence-electron chi connectivity index (χ1n) is 6.40. The van der Waals surface area contributed by atoms with Gasteiger partial charge in [0.25, 0.3) is 0 Å². The molecule has 4 N–H and O–H groups in total. The number of aliphatic hydroxyl groups is 2. The second-order valence-electron chi connectivity index (χ2n) is 4.92. The molecule has 0 saturated carbocycles. The standard InChI is InChI=1S/C8H14O4.C4H6O4/c9-8(10,3-7-5-12-7)2-1-6-4-11-6;5-3(6)1-2-4(7)8/h6-7,9-10H,1-5H2;1-2H2,(H,5,6)(H,7,8). The van der Waals surface area contributed by atoms with Crippen molar-refractivity contribution in [2.45, 2.75) is 50.1 Å². The molecule has 2 saturated heterocycles. The summed E-state index contributed by atoms with van der Waals surface area (Å²) in [7, 11) is 0. The topological polar surface area (TPSA) is 140 Å². The summed E-state index contributed by atoms with van der Waals surface area (Å²) in [6, 6.07) is 0. The minimum absolute atomic E-state index is 0.0696. The molecule has 2 aliphatic rings. The first kappa shape index (κ1) is 16.8. The van der Waals surface area contributed by atoms with Crippen molar-refractivity contribution < 1.29 is 39.5 Å². The first-order valence-corrected chi connectivity index (χ1v) is 6.40. The highest BCUT2D eigenvalue weighted by Crippen LogP contribution is 2.27. The van der Waals surface area contributed by atoms with E-state index in [1.807, 2.05) is 0 Å². The zero-order valence-electron chi connectivity index (χ0n) is 11.0. The van der Waals surface area contributed by atoms with Gasteiger partial charge >= 0.3 is 11.9 Å². The van der Waals surface area contributed by atoms with E-state index in [1.165, 1.54) is 0 Å². The Morgan fingerprint density at radius 2 is 1.45 bits per heavy atom. The van der Waals surface area contributed by atoms with Gasteiger partial charge in [-0.2, -0.15) is 0 Å². The predicted molar refractivity (Wildman–Crippen MR) is 65.0 cm³/mol. The van der Waals surface area contributed by atoms with Gasteiger partial charge in [0.1, 0.15) is 0 Å². The van der Waals surface area contributed by atoms with Crippen molar-refractivity contribution in [3.63, 3.8) is 0 Å². The van der Waals surface area contributed by atoms with E-state index in [-0.39, 0.29) is 25.0 Å². The average molecular weight is 292 g/mol. The van der Waals surface area contributed by atoms with Crippen molar-refractivity contribution in [1.29, 1.82) is 0 Å². The Labute approximate surface area is 115 Å². The number of carboxylic acids is 2. The van der Waals surface area contributed by atoms with Crippen molar-refractivity contribution in [3.05, 3.63) is 0 Å². The van der Waals surface area contributed by atoms with E-state index in [1.54, 1.807) is 0 Å². The van der Waals surface area contributed by atoms with E-state index < -0.39 is 17.7 Å². The lowest BCUT2D eigenvalue weighted by atomic mass is 10.0. The lowest BCUT2D eigenvalue weighted by Gasteiger charge is -2.19. The van der Waals surface area contributed by atoms with Gasteiger partial charge in [0.05, 0.1) is 38.3 Å². The second-order valence-corrected chi connectivity index (χ2v) is 4.92. The Morgan fingerprint density at radius 3 is 1.80 bits per heavy atom. The van der Waals surface area contributed by atoms with Crippen LogP contribution in [-0.4, -0.2) is 63.6 Å². The van der Waals surface area contributed by atoms with Crippen LogP contribution < -0.4 is 0 Å². The van der Waals surface area contributed by atoms with Crippen LogP contribution in [-0.2, 0) is 19.1 Å². The highest BCUT2D eigenvalue weighted by atomic mass is 16.6. The molecule has 0 aromatic rings. The Hall–Kier alpha value is -1.22. The summed E-state index contributed by atoms with van der Waals surface area (Å²) in [6.07, 6.45) is 1.20. The largest absolute Gasteiger partial charge is 0.481 e. The third-order valence-corrected chi connectivity index (χ3v) is 2.78. The lowest BCUT2D eigenvalue weighted by molar-refractivity contribution is -0.174. The molecule has 8 heteroatoms. The molecule has 20 heavy (non-hydrogen) atoms. The zero-order valence-corrected chi connectivity index (χ0v) is 11.0. The minimum atomic E-state index is -1.55. The molecule has 2 rings (SSSR count). The SMILES string of the molecule is O=C(O)CCC(=O)O.OC(O)(CCC1CO1)CC1CO1. The fraction of sp³-hybridized carbons (Fsp3) is 0.833. The van der Waals surface area contributed by atoms with Crippen LogP contribution in [0.5, 0.6) is 0 Å². The number of rotatable bonds is 8. The van der Waals surface area contributed by atoms with Crippen LogP contribution in [0, 0.1) is 0 Å². The van der Waals surface area contributed by atoms with Crippen LogP contribution in [0.25, 0.3) is 0 Å². The van der Waals surface area contributed by atoms with Crippen LogP contribution in [0.15, 0.2) is 0 Å². The maximum absolute atomic E-state index is 9.64. The highest BCUT2D eigenvalue weighted by molar-refractivity contribution is 5.75. The fourth-order valence-corrected chi connectivity index (χ4v) is 1.49. The molecule has 2 heterocycles. The maximum Gasteiger partial charge on any atom is 0.303 e. The highest BCUT2D eigenvalue weighted by Gasteiger charge is 2.36. The molecule has 0 bridgehead atoms. The van der Waals surface area contributed by atoms with Crippen molar-refractivity contribution in [1.82, 2.24) is 0 Å². The quantitative estimate of drug-likeness (QED) is 0.349. The summed E-state index contributed by atoms with van der Waals surface area (Å²) in [5.74, 6) is -3.70. The summed E-state index contributed by atoms with van der Waals surface area (Å²) in [4.78, 5) is 19.3. The minimum Gasteiger partial charge on any atom is -0.481 e. The number of carboxylic acid groups (broad SMARTS) is 2. The van der Waals surface area contributed by atoms with Crippen LogP contribution in [0.4, 0.5) is 0 Å². The molecule has 0 amide bonds. The molecule has 0 spiro atoms. The van der Waals surface area contributed by atoms with Gasteiger partial charge in [-0.05, 0) is 6.42 Å². The third kappa shape index (κ3) is 9.68. The molecule has 0 radical (unpaired) electrons. The Morgan fingerprint density at radius 1 is 1.00 bits per heavy atom. The molecular weight excluding hydrogens is 272 g/mol. The molecule has 8 nitrogen and oxygen atoms in total. The summed E-state index contributed by atoms with van der Waals surface area (Å²) in [5.41, 5.74) is 0. The Kier molecular flexibility index (Phi) is 6.34. The summed E-state index contributed by atoms with van der Waals surface area (Å²) < 4.78 is 9.89. The fourth-order valence-electron chi connectivity index (χ4n) is 1.49. The zero-order chi connectivity index (χ0) is 15.2. The van der Waals surface area contributed by atoms with Gasteiger partial charge < -0.3 is 29.9 Å². The second kappa shape index (κ2) is 7.53. The number of ether oxygens (including phenoxy) is 2. The van der Waals surface area contributed by atoms with E-state index in [9.17, 15) is 19.8 Å². The monoisotopic (exact) mass is 292 g/mol. The lowest BCUT2D eigenvalue weighted by Crippen LogP contribution is -2.30. The summed E-state index contributed by atoms with van der Waals surface area (Å²) >= 11 is 0. The van der Waals surface area contributed by atoms with Gasteiger partial charge in [0.2, 0.25) is 0 Å². The number of carbonyl (C=O) groups is 2. The van der Waals surface area contributed by atoms with Crippen LogP contribution >= 0.6 is 0 Å². The van der Waals surface area contributed by atoms with Gasteiger partial charge in [-0.1, -0.05) is 0 Å². The van der Waals surface area contributed by atoms with Crippen molar-refractivity contribution in [2.24, 2.45) is 0 Å². The average Bonchev–Trinajstić information content (AvgIpc) is 3.19. The molecular formula is C12H20O8. The molecule has 0 aromatic carbocycles. The van der Waals surface area contributed by atoms with E-state index in [0.717, 1.165) is 13.0 Å². The van der Waals surface area contributed by atoms with Gasteiger partial charge in [0.15, 0.2) is 5.79 Å². The number of aliphatic carboxylic acids is 2. The van der Waals surface area contributed by atoms with Crippen LogP contribution in [0.2, 0.25) is 0 Å². The smallest absolute Gasteiger partial charge is 0.303 e. The van der Waals surface area contributed by atoms with Gasteiger partial charge in [-0.25, -0.2) is 0 Å². The molecule has 0 aromatic heterocycles. The van der Waals surface area contributed by atoms with Crippen molar-refractivity contribution in [2.75, 3.05) is 13.2 Å². The van der Waals surface area contributed by atoms with Crippen LogP contribution in [0.3, 0.4) is 0 Å². The molecule has 2 aliphatic heterocycles. The van der Waals surface area contributed by atoms with Gasteiger partial charge in [-0.15, -0.1) is 0 Å². The molecule has 2 atom stereocenters. The van der Waals surface area contributed by atoms with E-state index in [0.29, 0.717) is 19.4 Å². The normalized spacial score (nSPS) is 23.5. The predicted octanol–water partition coefficient (Wildman–Crippen LogP) is -0.429. The Bertz CT molecular complexity index is 318. The molecule has 116 valence electrons.